The summed E-state index contributed by atoms with van der Waals surface area (Å²) in [5.41, 5.74) is 0. The van der Waals surface area contributed by atoms with Crippen LogP contribution in [0.3, 0.4) is 0 Å². The smallest absolute Gasteiger partial charge is 0.748 e. The van der Waals surface area contributed by atoms with E-state index in [0.717, 1.165) is 0 Å². The predicted molar refractivity (Wildman–Crippen MR) is 71.3 cm³/mol. The minimum Gasteiger partial charge on any atom is -0.748 e. The molecule has 0 N–H and O–H groups in total. The van der Waals surface area contributed by atoms with E-state index in [1.54, 1.807) is 0 Å². The van der Waals surface area contributed by atoms with Crippen molar-refractivity contribution in [2.45, 2.75) is 38.5 Å². The zero-order chi connectivity index (χ0) is 17.0. The van der Waals surface area contributed by atoms with Crippen LogP contribution >= 0.6 is 0 Å². The molecule has 0 aliphatic heterocycles. The molecule has 0 unspecified atom stereocenters. The molecule has 0 heterocycles. The average Bonchev–Trinajstić information content (AvgIpc) is 2.42. The van der Waals surface area contributed by atoms with Crippen molar-refractivity contribution in [1.82, 2.24) is 0 Å². The summed E-state index contributed by atoms with van der Waals surface area (Å²) in [6.07, 6.45) is 0.530. The van der Waals surface area contributed by atoms with Gasteiger partial charge in [0.2, 0.25) is 6.79 Å². The first-order valence-corrected chi connectivity index (χ1v) is 8.14. The van der Waals surface area contributed by atoms with Gasteiger partial charge in [-0.15, -0.1) is 0 Å². The predicted octanol–water partition coefficient (Wildman–Crippen LogP) is -2.91. The minimum atomic E-state index is -4.27. The molecule has 0 aliphatic rings. The van der Waals surface area contributed by atoms with Crippen molar-refractivity contribution in [3.8, 4) is 0 Å². The second-order valence-electron chi connectivity index (χ2n) is 4.30. The van der Waals surface area contributed by atoms with Gasteiger partial charge < -0.3 is 18.8 Å². The molecule has 11 heteroatoms. The van der Waals surface area contributed by atoms with Gasteiger partial charge in [-0.3, -0.25) is 14.4 Å². The summed E-state index contributed by atoms with van der Waals surface area (Å²) in [6, 6.07) is 0. The average molecular weight is 362 g/mol. The maximum Gasteiger partial charge on any atom is 1.00 e. The number of unbranched alkanes of at least 4 members (excludes halogenated alkanes) is 1. The molecule has 128 valence electrons. The molecule has 0 amide bonds. The van der Waals surface area contributed by atoms with E-state index in [0.29, 0.717) is 0 Å². The molecule has 0 bridgehead atoms. The van der Waals surface area contributed by atoms with Crippen molar-refractivity contribution in [1.29, 1.82) is 0 Å². The van der Waals surface area contributed by atoms with Crippen LogP contribution in [0.1, 0.15) is 38.5 Å². The third-order valence-electron chi connectivity index (χ3n) is 2.45. The number of methoxy groups -OCH3 is 1. The fraction of sp³-hybridized carbons (Fsp3) is 0.750. The van der Waals surface area contributed by atoms with Crippen molar-refractivity contribution in [2.24, 2.45) is 0 Å². The van der Waals surface area contributed by atoms with Crippen LogP contribution in [-0.4, -0.2) is 50.5 Å². The molecule has 0 aromatic carbocycles. The number of rotatable bonds is 11. The molecule has 0 radical (unpaired) electrons. The Morgan fingerprint density at radius 2 is 1.35 bits per heavy atom. The monoisotopic (exact) mass is 362 g/mol. The van der Waals surface area contributed by atoms with Crippen molar-refractivity contribution in [2.75, 3.05) is 19.7 Å². The first-order valence-electron chi connectivity index (χ1n) is 6.56. The maximum absolute atomic E-state index is 11.2. The molecular formula is C12H19NaO9S. The van der Waals surface area contributed by atoms with Crippen molar-refractivity contribution in [3.05, 3.63) is 0 Å². The molecule has 9 nitrogen and oxygen atoms in total. The van der Waals surface area contributed by atoms with E-state index < -0.39 is 40.6 Å². The third kappa shape index (κ3) is 17.5. The number of carbonyl (C=O) groups excluding carboxylic acids is 3. The van der Waals surface area contributed by atoms with Gasteiger partial charge in [0.15, 0.2) is 0 Å². The van der Waals surface area contributed by atoms with E-state index in [9.17, 15) is 27.4 Å². The summed E-state index contributed by atoms with van der Waals surface area (Å²) in [7, 11) is -3.03. The van der Waals surface area contributed by atoms with Gasteiger partial charge in [-0.1, -0.05) is 0 Å². The van der Waals surface area contributed by atoms with Crippen LogP contribution in [0.5, 0.6) is 0 Å². The van der Waals surface area contributed by atoms with Gasteiger partial charge >= 0.3 is 47.5 Å². The number of ether oxygens (including phenoxy) is 3. The van der Waals surface area contributed by atoms with E-state index in [4.69, 9.17) is 0 Å². The fourth-order valence-electron chi connectivity index (χ4n) is 1.33. The summed E-state index contributed by atoms with van der Waals surface area (Å²) in [5, 5.41) is 0. The Kier molecular flexibility index (Phi) is 14.7. The zero-order valence-corrected chi connectivity index (χ0v) is 16.1. The van der Waals surface area contributed by atoms with Crippen LogP contribution in [-0.2, 0) is 38.7 Å². The van der Waals surface area contributed by atoms with Crippen molar-refractivity contribution >= 4 is 28.0 Å². The molecule has 0 fully saturated rings. The van der Waals surface area contributed by atoms with E-state index in [2.05, 4.69) is 14.2 Å². The van der Waals surface area contributed by atoms with Gasteiger partial charge in [0, 0.05) is 25.0 Å². The fourth-order valence-corrected chi connectivity index (χ4v) is 1.89. The van der Waals surface area contributed by atoms with Crippen LogP contribution in [0.4, 0.5) is 0 Å². The molecule has 0 saturated heterocycles. The summed E-state index contributed by atoms with van der Waals surface area (Å²) in [5.74, 6) is -2.24. The Labute approximate surface area is 157 Å². The molecule has 0 aromatic heterocycles. The Hall–Kier alpha value is -0.680. The summed E-state index contributed by atoms with van der Waals surface area (Å²) < 4.78 is 44.5. The zero-order valence-electron chi connectivity index (χ0n) is 13.2. The molecule has 0 atom stereocenters. The van der Waals surface area contributed by atoms with Crippen molar-refractivity contribution in [3.63, 3.8) is 0 Å². The van der Waals surface area contributed by atoms with Crippen LogP contribution in [0.2, 0.25) is 0 Å². The summed E-state index contributed by atoms with van der Waals surface area (Å²) in [4.78, 5) is 33.2. The van der Waals surface area contributed by atoms with E-state index in [-0.39, 0.29) is 68.1 Å². The summed E-state index contributed by atoms with van der Waals surface area (Å²) in [6.45, 7) is -0.546. The molecule has 0 aromatic rings. The number of hydrogen-bond acceptors (Lipinski definition) is 9. The van der Waals surface area contributed by atoms with Crippen LogP contribution in [0.15, 0.2) is 0 Å². The molecule has 23 heavy (non-hydrogen) atoms. The van der Waals surface area contributed by atoms with E-state index >= 15 is 0 Å². The maximum atomic E-state index is 11.2. The topological polar surface area (TPSA) is 136 Å². The van der Waals surface area contributed by atoms with Gasteiger partial charge in [0.25, 0.3) is 0 Å². The second-order valence-corrected chi connectivity index (χ2v) is 5.82. The first kappa shape index (κ1) is 24.6. The van der Waals surface area contributed by atoms with E-state index in [1.807, 2.05) is 0 Å². The number of carbonyl (C=O) groups is 3. The minimum absolute atomic E-state index is 0. The van der Waals surface area contributed by atoms with Crippen LogP contribution in [0, 0.1) is 0 Å². The molecule has 0 saturated carbocycles. The Bertz CT molecular complexity index is 475. The number of hydrogen-bond donors (Lipinski definition) is 0. The normalized spacial score (nSPS) is 10.3. The van der Waals surface area contributed by atoms with Gasteiger partial charge in [-0.2, -0.15) is 0 Å². The summed E-state index contributed by atoms with van der Waals surface area (Å²) >= 11 is 0. The molecule has 0 rings (SSSR count). The SMILES string of the molecule is COC(=O)CCCC(=O)OCOC(=O)CCCCS(=O)(=O)[O-].[Na+]. The second kappa shape index (κ2) is 13.7. The first-order chi connectivity index (χ1) is 10.2. The van der Waals surface area contributed by atoms with Crippen molar-refractivity contribution < 1.29 is 71.1 Å². The Morgan fingerprint density at radius 3 is 1.83 bits per heavy atom. The van der Waals surface area contributed by atoms with Gasteiger partial charge in [0.05, 0.1) is 17.2 Å². The van der Waals surface area contributed by atoms with Gasteiger partial charge in [0.1, 0.15) is 0 Å². The Balaban J connectivity index is 0. The molecular weight excluding hydrogens is 343 g/mol. The third-order valence-corrected chi connectivity index (χ3v) is 3.24. The quantitative estimate of drug-likeness (QED) is 0.125. The molecule has 0 spiro atoms. The largest absolute Gasteiger partial charge is 1.00 e. The Morgan fingerprint density at radius 1 is 0.870 bits per heavy atom. The molecule has 0 aliphatic carbocycles. The van der Waals surface area contributed by atoms with Crippen LogP contribution < -0.4 is 29.6 Å². The van der Waals surface area contributed by atoms with Crippen LogP contribution in [0.25, 0.3) is 0 Å². The van der Waals surface area contributed by atoms with E-state index in [1.165, 1.54) is 7.11 Å². The standard InChI is InChI=1S/C12H20O9S.Na/c1-19-10(13)6-4-7-12(15)21-9-20-11(14)5-2-3-8-22(16,17)18;/h2-9H2,1H3,(H,16,17,18);/q;+1/p-1. The number of esters is 3. The van der Waals surface area contributed by atoms with Gasteiger partial charge in [-0.25, -0.2) is 8.42 Å². The van der Waals surface area contributed by atoms with Gasteiger partial charge in [-0.05, 0) is 19.3 Å².